The molecule has 0 saturated heterocycles. The average Bonchev–Trinajstić information content (AvgIpc) is 2.30. The van der Waals surface area contributed by atoms with Gasteiger partial charge in [0, 0.05) is 10.7 Å². The first kappa shape index (κ1) is 11.3. The highest BCUT2D eigenvalue weighted by Crippen LogP contribution is 2.20. The molecule has 0 aliphatic rings. The fourth-order valence-electron chi connectivity index (χ4n) is 1.03. The van der Waals surface area contributed by atoms with Crippen LogP contribution in [0.2, 0.25) is 0 Å². The molecule has 0 unspecified atom stereocenters. The number of pyridine rings is 1. The van der Waals surface area contributed by atoms with Crippen LogP contribution in [-0.2, 0) is 5.88 Å². The first-order valence-electron chi connectivity index (χ1n) is 4.43. The lowest BCUT2D eigenvalue weighted by atomic mass is 10.4. The lowest BCUT2D eigenvalue weighted by Crippen LogP contribution is -1.92. The van der Waals surface area contributed by atoms with Crippen LogP contribution in [0, 0.1) is 0 Å². The normalized spacial score (nSPS) is 10.1. The van der Waals surface area contributed by atoms with E-state index in [1.165, 1.54) is 6.20 Å². The van der Waals surface area contributed by atoms with Gasteiger partial charge < -0.3 is 4.74 Å². The molecule has 2 rings (SSSR count). The number of hydrogen-bond donors (Lipinski definition) is 0. The topological polar surface area (TPSA) is 47.9 Å². The fraction of sp³-hybridized carbons (Fsp3) is 0.100. The van der Waals surface area contributed by atoms with Crippen LogP contribution in [0.4, 0.5) is 0 Å². The Labute approximate surface area is 106 Å². The van der Waals surface area contributed by atoms with E-state index in [4.69, 9.17) is 16.3 Å². The van der Waals surface area contributed by atoms with Crippen LogP contribution < -0.4 is 4.74 Å². The van der Waals surface area contributed by atoms with Crippen molar-refractivity contribution in [2.24, 2.45) is 0 Å². The van der Waals surface area contributed by atoms with E-state index >= 15 is 0 Å². The van der Waals surface area contributed by atoms with E-state index in [9.17, 15) is 0 Å². The van der Waals surface area contributed by atoms with E-state index in [0.717, 1.165) is 4.47 Å². The largest absolute Gasteiger partial charge is 0.436 e. The monoisotopic (exact) mass is 299 g/mol. The van der Waals surface area contributed by atoms with Gasteiger partial charge in [0.2, 0.25) is 5.88 Å². The third kappa shape index (κ3) is 2.90. The van der Waals surface area contributed by atoms with Crippen molar-refractivity contribution >= 4 is 27.5 Å². The second-order valence-electron chi connectivity index (χ2n) is 2.92. The minimum absolute atomic E-state index is 0.339. The summed E-state index contributed by atoms with van der Waals surface area (Å²) in [5.41, 5.74) is 0.710. The SMILES string of the molecule is ClCc1cnc(Oc2cncc(Br)c2)cn1. The van der Waals surface area contributed by atoms with Crippen molar-refractivity contribution in [1.82, 2.24) is 15.0 Å². The van der Waals surface area contributed by atoms with Crippen LogP contribution in [0.5, 0.6) is 11.6 Å². The molecule has 0 aromatic carbocycles. The predicted molar refractivity (Wildman–Crippen MR) is 63.6 cm³/mol. The maximum absolute atomic E-state index is 5.60. The molecule has 0 saturated carbocycles. The molecule has 0 aliphatic carbocycles. The van der Waals surface area contributed by atoms with Gasteiger partial charge in [-0.1, -0.05) is 0 Å². The van der Waals surface area contributed by atoms with E-state index in [1.807, 2.05) is 0 Å². The van der Waals surface area contributed by atoms with Gasteiger partial charge in [-0.3, -0.25) is 9.97 Å². The van der Waals surface area contributed by atoms with Gasteiger partial charge in [-0.05, 0) is 22.0 Å². The van der Waals surface area contributed by atoms with Crippen LogP contribution in [-0.4, -0.2) is 15.0 Å². The maximum atomic E-state index is 5.60. The summed E-state index contributed by atoms with van der Waals surface area (Å²) in [6.45, 7) is 0. The molecule has 0 aliphatic heterocycles. The molecule has 0 N–H and O–H groups in total. The highest BCUT2D eigenvalue weighted by Gasteiger charge is 2.00. The van der Waals surface area contributed by atoms with Gasteiger partial charge in [0.05, 0.1) is 30.2 Å². The zero-order chi connectivity index (χ0) is 11.4. The zero-order valence-corrected chi connectivity index (χ0v) is 10.4. The maximum Gasteiger partial charge on any atom is 0.237 e. The number of hydrogen-bond acceptors (Lipinski definition) is 4. The molecule has 2 aromatic rings. The van der Waals surface area contributed by atoms with E-state index in [2.05, 4.69) is 30.9 Å². The lowest BCUT2D eigenvalue weighted by molar-refractivity contribution is 0.457. The Hall–Kier alpha value is -1.20. The van der Waals surface area contributed by atoms with Gasteiger partial charge in [-0.2, -0.15) is 0 Å². The Morgan fingerprint density at radius 2 is 2.06 bits per heavy atom. The standard InChI is InChI=1S/C10H7BrClN3O/c11-7-1-9(5-13-3-7)16-10-6-14-8(2-12)4-15-10/h1,3-6H,2H2. The molecule has 0 fully saturated rings. The van der Waals surface area contributed by atoms with Crippen molar-refractivity contribution in [1.29, 1.82) is 0 Å². The van der Waals surface area contributed by atoms with E-state index < -0.39 is 0 Å². The molecule has 0 atom stereocenters. The van der Waals surface area contributed by atoms with Crippen molar-refractivity contribution in [3.63, 3.8) is 0 Å². The molecule has 4 nitrogen and oxygen atoms in total. The highest BCUT2D eigenvalue weighted by atomic mass is 79.9. The molecule has 6 heteroatoms. The van der Waals surface area contributed by atoms with Crippen molar-refractivity contribution in [3.05, 3.63) is 41.0 Å². The van der Waals surface area contributed by atoms with E-state index in [-0.39, 0.29) is 0 Å². The Balaban J connectivity index is 2.14. The minimum atomic E-state index is 0.339. The quantitative estimate of drug-likeness (QED) is 0.817. The first-order valence-corrected chi connectivity index (χ1v) is 5.76. The number of ether oxygens (including phenoxy) is 1. The van der Waals surface area contributed by atoms with Gasteiger partial charge in [-0.25, -0.2) is 4.98 Å². The summed E-state index contributed by atoms with van der Waals surface area (Å²) in [6.07, 6.45) is 6.38. The highest BCUT2D eigenvalue weighted by molar-refractivity contribution is 9.10. The molecule has 2 aromatic heterocycles. The van der Waals surface area contributed by atoms with Gasteiger partial charge in [0.15, 0.2) is 0 Å². The number of halogens is 2. The third-order valence-corrected chi connectivity index (χ3v) is 2.43. The summed E-state index contributed by atoms with van der Waals surface area (Å²) in [5.74, 6) is 1.35. The van der Waals surface area contributed by atoms with Gasteiger partial charge in [0.1, 0.15) is 5.75 Å². The van der Waals surface area contributed by atoms with Crippen molar-refractivity contribution in [3.8, 4) is 11.6 Å². The minimum Gasteiger partial charge on any atom is -0.436 e. The molecule has 16 heavy (non-hydrogen) atoms. The second kappa shape index (κ2) is 5.23. The lowest BCUT2D eigenvalue weighted by Gasteiger charge is -2.03. The average molecular weight is 301 g/mol. The Morgan fingerprint density at radius 1 is 1.19 bits per heavy atom. The molecular weight excluding hydrogens is 293 g/mol. The summed E-state index contributed by atoms with van der Waals surface area (Å²) in [4.78, 5) is 12.1. The smallest absolute Gasteiger partial charge is 0.237 e. The zero-order valence-electron chi connectivity index (χ0n) is 8.10. The van der Waals surface area contributed by atoms with Crippen molar-refractivity contribution in [2.45, 2.75) is 5.88 Å². The Bertz CT molecular complexity index is 478. The summed E-state index contributed by atoms with van der Waals surface area (Å²) < 4.78 is 6.29. The second-order valence-corrected chi connectivity index (χ2v) is 4.10. The number of nitrogens with zero attached hydrogens (tertiary/aromatic N) is 3. The fourth-order valence-corrected chi connectivity index (χ4v) is 1.52. The van der Waals surface area contributed by atoms with Gasteiger partial charge in [0.25, 0.3) is 0 Å². The van der Waals surface area contributed by atoms with E-state index in [0.29, 0.717) is 23.2 Å². The molecule has 0 bridgehead atoms. The van der Waals surface area contributed by atoms with Crippen LogP contribution in [0.1, 0.15) is 5.69 Å². The first-order chi connectivity index (χ1) is 7.78. The van der Waals surface area contributed by atoms with Gasteiger partial charge in [-0.15, -0.1) is 11.6 Å². The van der Waals surface area contributed by atoms with Crippen LogP contribution in [0.15, 0.2) is 35.3 Å². The molecular formula is C10H7BrClN3O. The molecule has 2 heterocycles. The van der Waals surface area contributed by atoms with Gasteiger partial charge >= 0.3 is 0 Å². The summed E-state index contributed by atoms with van der Waals surface area (Å²) in [6, 6.07) is 1.80. The molecule has 82 valence electrons. The predicted octanol–water partition coefficient (Wildman–Crippen LogP) is 3.17. The van der Waals surface area contributed by atoms with Crippen molar-refractivity contribution in [2.75, 3.05) is 0 Å². The molecule has 0 amide bonds. The Morgan fingerprint density at radius 3 is 2.69 bits per heavy atom. The van der Waals surface area contributed by atoms with E-state index in [1.54, 1.807) is 24.7 Å². The number of alkyl halides is 1. The number of aromatic nitrogens is 3. The summed E-state index contributed by atoms with van der Waals surface area (Å²) in [7, 11) is 0. The summed E-state index contributed by atoms with van der Waals surface area (Å²) >= 11 is 8.90. The summed E-state index contributed by atoms with van der Waals surface area (Å²) in [5, 5.41) is 0. The Kier molecular flexibility index (Phi) is 3.69. The molecule has 0 radical (unpaired) electrons. The van der Waals surface area contributed by atoms with Crippen LogP contribution in [0.3, 0.4) is 0 Å². The molecule has 0 spiro atoms. The van der Waals surface area contributed by atoms with Crippen LogP contribution >= 0.6 is 27.5 Å². The number of rotatable bonds is 3. The third-order valence-electron chi connectivity index (χ3n) is 1.72. The van der Waals surface area contributed by atoms with Crippen LogP contribution in [0.25, 0.3) is 0 Å². The van der Waals surface area contributed by atoms with Crippen molar-refractivity contribution < 1.29 is 4.74 Å².